The van der Waals surface area contributed by atoms with Crippen LogP contribution >= 0.6 is 0 Å². The van der Waals surface area contributed by atoms with Crippen LogP contribution in [0.2, 0.25) is 0 Å². The molecule has 0 amide bonds. The lowest BCUT2D eigenvalue weighted by atomic mass is 9.95. The van der Waals surface area contributed by atoms with Gasteiger partial charge >= 0.3 is 0 Å². The molecule has 0 N–H and O–H groups in total. The summed E-state index contributed by atoms with van der Waals surface area (Å²) in [6, 6.07) is 77.3. The monoisotopic (exact) mass is 725 g/mol. The number of hydrogen-bond donors (Lipinski definition) is 0. The first-order valence-corrected chi connectivity index (χ1v) is 19.6. The molecule has 0 radical (unpaired) electrons. The van der Waals surface area contributed by atoms with Crippen LogP contribution < -0.4 is 4.90 Å². The molecule has 0 spiro atoms. The van der Waals surface area contributed by atoms with Gasteiger partial charge in [-0.2, -0.15) is 0 Å². The van der Waals surface area contributed by atoms with Gasteiger partial charge in [-0.15, -0.1) is 0 Å². The molecule has 0 unspecified atom stereocenters. The summed E-state index contributed by atoms with van der Waals surface area (Å²) in [6.07, 6.45) is 0. The largest absolute Gasteiger partial charge is 0.311 e. The highest BCUT2D eigenvalue weighted by molar-refractivity contribution is 6.35. The first kappa shape index (κ1) is 31.7. The van der Waals surface area contributed by atoms with E-state index in [2.05, 4.69) is 226 Å². The van der Waals surface area contributed by atoms with Crippen LogP contribution in [0, 0.1) is 0 Å². The Morgan fingerprint density at radius 2 is 0.807 bits per heavy atom. The normalized spacial score (nSPS) is 11.9. The Morgan fingerprint density at radius 1 is 0.298 bits per heavy atom. The lowest BCUT2D eigenvalue weighted by molar-refractivity contribution is 1.17. The molecule has 9 aromatic carbocycles. The van der Waals surface area contributed by atoms with E-state index in [-0.39, 0.29) is 0 Å². The van der Waals surface area contributed by atoms with Crippen molar-refractivity contribution in [3.63, 3.8) is 0 Å². The smallest absolute Gasteiger partial charge is 0.0641 e. The van der Waals surface area contributed by atoms with Crippen LogP contribution in [0.3, 0.4) is 0 Å². The molecule has 0 aliphatic heterocycles. The van der Waals surface area contributed by atoms with Crippen molar-refractivity contribution in [1.82, 2.24) is 8.97 Å². The maximum Gasteiger partial charge on any atom is 0.0641 e. The summed E-state index contributed by atoms with van der Waals surface area (Å²) in [7, 11) is 0. The van der Waals surface area contributed by atoms with Gasteiger partial charge in [-0.25, -0.2) is 0 Å². The van der Waals surface area contributed by atoms with Gasteiger partial charge in [0.1, 0.15) is 0 Å². The molecule has 3 heterocycles. The average Bonchev–Trinajstić information content (AvgIpc) is 3.76. The molecule has 3 aromatic heterocycles. The zero-order chi connectivity index (χ0) is 37.5. The van der Waals surface area contributed by atoms with E-state index in [1.807, 2.05) is 0 Å². The number of nitrogens with zero attached hydrogens (tertiary/aromatic N) is 3. The molecule has 266 valence electrons. The maximum absolute atomic E-state index is 2.52. The van der Waals surface area contributed by atoms with Crippen molar-refractivity contribution in [1.29, 1.82) is 0 Å². The van der Waals surface area contributed by atoms with Gasteiger partial charge in [0, 0.05) is 55.1 Å². The quantitative estimate of drug-likeness (QED) is 0.166. The summed E-state index contributed by atoms with van der Waals surface area (Å²) in [4.78, 5) is 2.34. The van der Waals surface area contributed by atoms with Crippen molar-refractivity contribution in [2.75, 3.05) is 4.90 Å². The minimum Gasteiger partial charge on any atom is -0.311 e. The van der Waals surface area contributed by atoms with Crippen LogP contribution in [0.15, 0.2) is 212 Å². The summed E-state index contributed by atoms with van der Waals surface area (Å²) in [5.41, 5.74) is 15.4. The van der Waals surface area contributed by atoms with Crippen molar-refractivity contribution >= 4 is 77.0 Å². The van der Waals surface area contributed by atoms with Gasteiger partial charge in [-0.3, -0.25) is 0 Å². The molecule has 3 heteroatoms. The molecule has 0 aliphatic carbocycles. The number of aromatic nitrogens is 2. The van der Waals surface area contributed by atoms with Crippen LogP contribution in [0.5, 0.6) is 0 Å². The Hall–Kier alpha value is -7.62. The van der Waals surface area contributed by atoms with Crippen molar-refractivity contribution < 1.29 is 0 Å². The van der Waals surface area contributed by atoms with E-state index in [1.54, 1.807) is 0 Å². The van der Waals surface area contributed by atoms with Crippen molar-refractivity contribution in [2.45, 2.75) is 0 Å². The Bertz CT molecular complexity index is 3420. The molecule has 12 aromatic rings. The predicted octanol–water partition coefficient (Wildman–Crippen LogP) is 14.7. The Morgan fingerprint density at radius 3 is 1.51 bits per heavy atom. The SMILES string of the molecule is c1ccc(-c2ccc(N(c3ccccc3)c3ccc(-n4c5ccc(-c6ccccc6)c6c7ccccc7n7c8ccccc8c8ccc4c(c65)c87)cc3)cc2)cc1. The highest BCUT2D eigenvalue weighted by Gasteiger charge is 2.25. The molecule has 0 atom stereocenters. The molecular formula is C54H35N3. The molecule has 0 saturated carbocycles. The van der Waals surface area contributed by atoms with E-state index in [9.17, 15) is 0 Å². The van der Waals surface area contributed by atoms with Crippen LogP contribution in [-0.2, 0) is 0 Å². The fourth-order valence-electron chi connectivity index (χ4n) is 9.40. The molecule has 12 rings (SSSR count). The van der Waals surface area contributed by atoms with E-state index in [1.165, 1.54) is 82.2 Å². The van der Waals surface area contributed by atoms with Gasteiger partial charge in [-0.05, 0) is 95.1 Å². The zero-order valence-electron chi connectivity index (χ0n) is 31.0. The fraction of sp³-hybridized carbons (Fsp3) is 0. The lowest BCUT2D eigenvalue weighted by Crippen LogP contribution is -2.10. The summed E-state index contributed by atoms with van der Waals surface area (Å²) in [5, 5.41) is 7.65. The second-order valence-electron chi connectivity index (χ2n) is 14.9. The average molecular weight is 726 g/mol. The maximum atomic E-state index is 2.52. The van der Waals surface area contributed by atoms with Crippen LogP contribution in [-0.4, -0.2) is 8.97 Å². The van der Waals surface area contributed by atoms with E-state index in [0.29, 0.717) is 0 Å². The van der Waals surface area contributed by atoms with E-state index in [0.717, 1.165) is 22.7 Å². The highest BCUT2D eigenvalue weighted by atomic mass is 15.1. The third kappa shape index (κ3) is 4.73. The Kier molecular flexibility index (Phi) is 6.93. The van der Waals surface area contributed by atoms with Gasteiger partial charge in [0.25, 0.3) is 0 Å². The summed E-state index contributed by atoms with van der Waals surface area (Å²) in [5.74, 6) is 0. The fourth-order valence-corrected chi connectivity index (χ4v) is 9.40. The second kappa shape index (κ2) is 12.5. The van der Waals surface area contributed by atoms with Crippen molar-refractivity contribution in [3.8, 4) is 27.9 Å². The number of anilines is 3. The van der Waals surface area contributed by atoms with Crippen LogP contribution in [0.4, 0.5) is 17.1 Å². The third-order valence-electron chi connectivity index (χ3n) is 11.8. The first-order chi connectivity index (χ1) is 28.3. The first-order valence-electron chi connectivity index (χ1n) is 19.6. The number of para-hydroxylation sites is 3. The third-order valence-corrected chi connectivity index (χ3v) is 11.8. The van der Waals surface area contributed by atoms with E-state index in [4.69, 9.17) is 0 Å². The molecule has 0 aliphatic rings. The van der Waals surface area contributed by atoms with Crippen molar-refractivity contribution in [2.24, 2.45) is 0 Å². The van der Waals surface area contributed by atoms with Gasteiger partial charge in [0.05, 0.1) is 27.6 Å². The minimum absolute atomic E-state index is 1.10. The standard InChI is InChI=1S/C54H35N3/c1-4-14-36(15-5-1)37-24-26-40(27-25-37)55(39-18-8-3-9-19-39)41-28-30-42(31-29-41)56-49-34-32-43(38-16-6-2-7-17-38)51-46-21-11-13-23-48(46)57-47-22-12-10-20-44(47)45-33-35-50(56)53(52(49)51)54(45)57/h1-35H. The highest BCUT2D eigenvalue weighted by Crippen LogP contribution is 2.48. The zero-order valence-corrected chi connectivity index (χ0v) is 31.0. The summed E-state index contributed by atoms with van der Waals surface area (Å²) >= 11 is 0. The Labute approximate surface area is 329 Å². The van der Waals surface area contributed by atoms with E-state index < -0.39 is 0 Å². The van der Waals surface area contributed by atoms with Gasteiger partial charge in [0.2, 0.25) is 0 Å². The van der Waals surface area contributed by atoms with Crippen LogP contribution in [0.25, 0.3) is 87.8 Å². The molecular weight excluding hydrogens is 691 g/mol. The van der Waals surface area contributed by atoms with Gasteiger partial charge in [-0.1, -0.05) is 140 Å². The van der Waals surface area contributed by atoms with Crippen LogP contribution in [0.1, 0.15) is 0 Å². The molecule has 0 bridgehead atoms. The van der Waals surface area contributed by atoms with Crippen molar-refractivity contribution in [3.05, 3.63) is 212 Å². The molecule has 0 fully saturated rings. The number of fused-ring (bicyclic) bond motifs is 6. The minimum atomic E-state index is 1.10. The van der Waals surface area contributed by atoms with E-state index >= 15 is 0 Å². The van der Waals surface area contributed by atoms with Gasteiger partial charge < -0.3 is 13.9 Å². The van der Waals surface area contributed by atoms with Gasteiger partial charge in [0.15, 0.2) is 0 Å². The number of rotatable bonds is 6. The molecule has 3 nitrogen and oxygen atoms in total. The summed E-state index contributed by atoms with van der Waals surface area (Å²) < 4.78 is 4.99. The second-order valence-corrected chi connectivity index (χ2v) is 14.9. The Balaban J connectivity index is 1.11. The number of hydrogen-bond acceptors (Lipinski definition) is 1. The summed E-state index contributed by atoms with van der Waals surface area (Å²) in [6.45, 7) is 0. The number of benzene rings is 9. The lowest BCUT2D eigenvalue weighted by Gasteiger charge is -2.26. The predicted molar refractivity (Wildman–Crippen MR) is 241 cm³/mol. The molecule has 0 saturated heterocycles. The molecule has 57 heavy (non-hydrogen) atoms. The topological polar surface area (TPSA) is 12.6 Å².